The monoisotopic (exact) mass is 435 g/mol. The molecule has 31 heavy (non-hydrogen) atoms. The number of hydrogen-bond donors (Lipinski definition) is 2. The standard InChI is InChI=1S/C21H20F3N3O4/c1-12-20(30)27(17-5-3-4-6-18(17)31-12)10-9-19(29)26-16-11-14(21(22,23)24)7-8-15(16)25-13(2)28/h3-8,11-12H,9-10H2,1-2H3,(H,25,28)(H,26,29). The fraction of sp³-hybridized carbons (Fsp3) is 0.286. The second kappa shape index (κ2) is 8.66. The number of nitrogens with one attached hydrogen (secondary N) is 2. The summed E-state index contributed by atoms with van der Waals surface area (Å²) in [7, 11) is 0. The van der Waals surface area contributed by atoms with Crippen molar-refractivity contribution < 1.29 is 32.3 Å². The van der Waals surface area contributed by atoms with Gasteiger partial charge in [-0.1, -0.05) is 12.1 Å². The highest BCUT2D eigenvalue weighted by Gasteiger charge is 2.32. The molecule has 3 rings (SSSR count). The second-order valence-corrected chi connectivity index (χ2v) is 6.96. The number of fused-ring (bicyclic) bond motifs is 1. The predicted octanol–water partition coefficient (Wildman–Crippen LogP) is 3.81. The maximum absolute atomic E-state index is 13.1. The van der Waals surface area contributed by atoms with Gasteiger partial charge in [0.05, 0.1) is 22.6 Å². The molecule has 0 aliphatic carbocycles. The molecular formula is C21H20F3N3O4. The number of alkyl halides is 3. The third-order valence-corrected chi connectivity index (χ3v) is 4.57. The van der Waals surface area contributed by atoms with E-state index in [1.165, 1.54) is 11.8 Å². The minimum absolute atomic E-state index is 0.00378. The molecule has 2 N–H and O–H groups in total. The third-order valence-electron chi connectivity index (χ3n) is 4.57. The van der Waals surface area contributed by atoms with E-state index in [0.717, 1.165) is 18.2 Å². The minimum atomic E-state index is -4.62. The number of amides is 3. The van der Waals surface area contributed by atoms with Crippen LogP contribution in [0.4, 0.5) is 30.2 Å². The Kier molecular flexibility index (Phi) is 6.19. The van der Waals surface area contributed by atoms with Gasteiger partial charge in [0.1, 0.15) is 5.75 Å². The van der Waals surface area contributed by atoms with Gasteiger partial charge in [0, 0.05) is 19.9 Å². The number of para-hydroxylation sites is 2. The van der Waals surface area contributed by atoms with Crippen molar-refractivity contribution >= 4 is 34.8 Å². The quantitative estimate of drug-likeness (QED) is 0.748. The van der Waals surface area contributed by atoms with Crippen LogP contribution in [-0.4, -0.2) is 30.4 Å². The highest BCUT2D eigenvalue weighted by Crippen LogP contribution is 2.35. The van der Waals surface area contributed by atoms with E-state index in [1.807, 2.05) is 0 Å². The zero-order chi connectivity index (χ0) is 22.8. The number of ether oxygens (including phenoxy) is 1. The molecule has 10 heteroatoms. The number of hydrogen-bond acceptors (Lipinski definition) is 4. The molecule has 3 amide bonds. The number of carbonyl (C=O) groups is 3. The maximum atomic E-state index is 13.1. The van der Waals surface area contributed by atoms with E-state index in [1.54, 1.807) is 31.2 Å². The summed E-state index contributed by atoms with van der Waals surface area (Å²) < 4.78 is 44.7. The zero-order valence-electron chi connectivity index (χ0n) is 16.7. The molecule has 1 aliphatic heterocycles. The summed E-state index contributed by atoms with van der Waals surface area (Å²) in [5.41, 5.74) is -0.605. The first-order valence-corrected chi connectivity index (χ1v) is 9.42. The van der Waals surface area contributed by atoms with Crippen molar-refractivity contribution in [3.63, 3.8) is 0 Å². The van der Waals surface area contributed by atoms with Crippen LogP contribution in [0.15, 0.2) is 42.5 Å². The van der Waals surface area contributed by atoms with Gasteiger partial charge in [0.2, 0.25) is 11.8 Å². The zero-order valence-corrected chi connectivity index (χ0v) is 16.7. The number of halogens is 3. The van der Waals surface area contributed by atoms with Crippen LogP contribution >= 0.6 is 0 Å². The molecule has 1 heterocycles. The highest BCUT2D eigenvalue weighted by molar-refractivity contribution is 6.02. The number of nitrogens with zero attached hydrogens (tertiary/aromatic N) is 1. The fourth-order valence-corrected chi connectivity index (χ4v) is 3.14. The lowest BCUT2D eigenvalue weighted by molar-refractivity contribution is -0.137. The van der Waals surface area contributed by atoms with E-state index in [4.69, 9.17) is 4.74 Å². The Labute approximate surface area is 176 Å². The molecule has 0 saturated heterocycles. The summed E-state index contributed by atoms with van der Waals surface area (Å²) in [6.45, 7) is 2.80. The van der Waals surface area contributed by atoms with E-state index in [-0.39, 0.29) is 30.2 Å². The molecule has 0 spiro atoms. The van der Waals surface area contributed by atoms with Gasteiger partial charge in [-0.15, -0.1) is 0 Å². The Morgan fingerprint density at radius 1 is 1.10 bits per heavy atom. The molecule has 7 nitrogen and oxygen atoms in total. The normalized spacial score (nSPS) is 15.7. The van der Waals surface area contributed by atoms with E-state index >= 15 is 0 Å². The Balaban J connectivity index is 1.76. The summed E-state index contributed by atoms with van der Waals surface area (Å²) >= 11 is 0. The van der Waals surface area contributed by atoms with Crippen LogP contribution < -0.4 is 20.3 Å². The van der Waals surface area contributed by atoms with Gasteiger partial charge < -0.3 is 20.3 Å². The van der Waals surface area contributed by atoms with Crippen LogP contribution in [0.25, 0.3) is 0 Å². The molecule has 2 aromatic carbocycles. The minimum Gasteiger partial charge on any atom is -0.479 e. The molecule has 1 atom stereocenters. The molecular weight excluding hydrogens is 415 g/mol. The summed E-state index contributed by atoms with van der Waals surface area (Å²) in [6.07, 6.45) is -5.52. The van der Waals surface area contributed by atoms with Crippen molar-refractivity contribution in [1.82, 2.24) is 0 Å². The van der Waals surface area contributed by atoms with Crippen molar-refractivity contribution in [2.24, 2.45) is 0 Å². The van der Waals surface area contributed by atoms with Crippen LogP contribution in [0.1, 0.15) is 25.8 Å². The van der Waals surface area contributed by atoms with Crippen LogP contribution in [0.3, 0.4) is 0 Å². The Morgan fingerprint density at radius 3 is 2.48 bits per heavy atom. The molecule has 0 fully saturated rings. The van der Waals surface area contributed by atoms with Crippen molar-refractivity contribution in [3.05, 3.63) is 48.0 Å². The maximum Gasteiger partial charge on any atom is 0.416 e. The van der Waals surface area contributed by atoms with Crippen LogP contribution in [-0.2, 0) is 20.6 Å². The number of rotatable bonds is 5. The van der Waals surface area contributed by atoms with E-state index in [9.17, 15) is 27.6 Å². The average Bonchev–Trinajstić information content (AvgIpc) is 2.68. The summed E-state index contributed by atoms with van der Waals surface area (Å²) in [4.78, 5) is 37.7. The van der Waals surface area contributed by atoms with Gasteiger partial charge >= 0.3 is 6.18 Å². The lowest BCUT2D eigenvalue weighted by Gasteiger charge is -2.32. The van der Waals surface area contributed by atoms with Crippen LogP contribution in [0.2, 0.25) is 0 Å². The van der Waals surface area contributed by atoms with Gasteiger partial charge in [0.25, 0.3) is 5.91 Å². The second-order valence-electron chi connectivity index (χ2n) is 6.96. The Hall–Kier alpha value is -3.56. The smallest absolute Gasteiger partial charge is 0.416 e. The lowest BCUT2D eigenvalue weighted by Crippen LogP contribution is -2.45. The number of benzene rings is 2. The number of carbonyl (C=O) groups excluding carboxylic acids is 3. The first-order chi connectivity index (χ1) is 14.6. The Bertz CT molecular complexity index is 1020. The van der Waals surface area contributed by atoms with E-state index < -0.39 is 29.7 Å². The third kappa shape index (κ3) is 5.14. The van der Waals surface area contributed by atoms with Crippen molar-refractivity contribution in [1.29, 1.82) is 0 Å². The lowest BCUT2D eigenvalue weighted by atomic mass is 10.1. The SMILES string of the molecule is CC(=O)Nc1ccc(C(F)(F)F)cc1NC(=O)CCN1C(=O)C(C)Oc2ccccc21. The van der Waals surface area contributed by atoms with Gasteiger partial charge in [-0.25, -0.2) is 0 Å². The molecule has 0 bridgehead atoms. The molecule has 0 saturated carbocycles. The van der Waals surface area contributed by atoms with E-state index in [2.05, 4.69) is 10.6 Å². The molecule has 0 aromatic heterocycles. The van der Waals surface area contributed by atoms with Gasteiger partial charge in [-0.05, 0) is 37.3 Å². The molecule has 0 radical (unpaired) electrons. The van der Waals surface area contributed by atoms with Gasteiger partial charge in [-0.3, -0.25) is 14.4 Å². The molecule has 2 aromatic rings. The summed E-state index contributed by atoms with van der Waals surface area (Å²) in [6, 6.07) is 9.49. The molecule has 1 unspecified atom stereocenters. The highest BCUT2D eigenvalue weighted by atomic mass is 19.4. The topological polar surface area (TPSA) is 87.7 Å². The van der Waals surface area contributed by atoms with Crippen molar-refractivity contribution in [3.8, 4) is 5.75 Å². The Morgan fingerprint density at radius 2 is 1.81 bits per heavy atom. The summed E-state index contributed by atoms with van der Waals surface area (Å²) in [5.74, 6) is -0.944. The van der Waals surface area contributed by atoms with Gasteiger partial charge in [-0.2, -0.15) is 13.2 Å². The largest absolute Gasteiger partial charge is 0.479 e. The molecule has 1 aliphatic rings. The number of anilines is 3. The predicted molar refractivity (Wildman–Crippen MR) is 108 cm³/mol. The first-order valence-electron chi connectivity index (χ1n) is 9.42. The van der Waals surface area contributed by atoms with Crippen LogP contribution in [0.5, 0.6) is 5.75 Å². The average molecular weight is 435 g/mol. The first kappa shape index (κ1) is 22.1. The fourth-order valence-electron chi connectivity index (χ4n) is 3.14. The summed E-state index contributed by atoms with van der Waals surface area (Å²) in [5, 5.41) is 4.78. The van der Waals surface area contributed by atoms with Crippen LogP contribution in [0, 0.1) is 0 Å². The molecule has 164 valence electrons. The van der Waals surface area contributed by atoms with Gasteiger partial charge in [0.15, 0.2) is 6.10 Å². The van der Waals surface area contributed by atoms with E-state index in [0.29, 0.717) is 11.4 Å². The van der Waals surface area contributed by atoms with Crippen molar-refractivity contribution in [2.45, 2.75) is 32.5 Å². The van der Waals surface area contributed by atoms with Crippen molar-refractivity contribution in [2.75, 3.05) is 22.1 Å².